The van der Waals surface area contributed by atoms with Crippen LogP contribution in [0.2, 0.25) is 0 Å². The van der Waals surface area contributed by atoms with Crippen molar-refractivity contribution in [3.63, 3.8) is 0 Å². The van der Waals surface area contributed by atoms with Crippen LogP contribution in [0.3, 0.4) is 0 Å². The molecule has 110 valence electrons. The molecule has 20 heavy (non-hydrogen) atoms. The fourth-order valence-corrected chi connectivity index (χ4v) is 1.69. The van der Waals surface area contributed by atoms with Crippen molar-refractivity contribution in [3.05, 3.63) is 29.8 Å². The first-order chi connectivity index (χ1) is 9.47. The van der Waals surface area contributed by atoms with Crippen LogP contribution in [0.1, 0.15) is 32.8 Å². The third-order valence-electron chi connectivity index (χ3n) is 2.79. The van der Waals surface area contributed by atoms with Gasteiger partial charge in [0.15, 0.2) is 6.61 Å². The van der Waals surface area contributed by atoms with Crippen LogP contribution < -0.4 is 10.1 Å². The molecule has 0 fully saturated rings. The predicted octanol–water partition coefficient (Wildman–Crippen LogP) is 2.36. The summed E-state index contributed by atoms with van der Waals surface area (Å²) in [4.78, 5) is 22.5. The number of benzene rings is 1. The van der Waals surface area contributed by atoms with E-state index < -0.39 is 0 Å². The van der Waals surface area contributed by atoms with Crippen molar-refractivity contribution in [1.82, 2.24) is 5.32 Å². The summed E-state index contributed by atoms with van der Waals surface area (Å²) in [6.07, 6.45) is 1.39. The topological polar surface area (TPSA) is 55.4 Å². The molecule has 0 aliphatic carbocycles. The van der Waals surface area contributed by atoms with Gasteiger partial charge >= 0.3 is 0 Å². The standard InChI is InChI=1S/C16H23NO3/c1-12(2)8-9-17-16(19)11-20-15-6-4-14(5-7-15)10-13(3)18/h4-7,12H,8-11H2,1-3H3,(H,17,19). The van der Waals surface area contributed by atoms with E-state index in [0.29, 0.717) is 24.6 Å². The smallest absolute Gasteiger partial charge is 0.257 e. The average Bonchev–Trinajstić information content (AvgIpc) is 2.37. The molecule has 0 aliphatic heterocycles. The quantitative estimate of drug-likeness (QED) is 0.793. The zero-order valence-electron chi connectivity index (χ0n) is 12.4. The lowest BCUT2D eigenvalue weighted by Gasteiger charge is -2.09. The third-order valence-corrected chi connectivity index (χ3v) is 2.79. The van der Waals surface area contributed by atoms with E-state index in [-0.39, 0.29) is 18.3 Å². The Kier molecular flexibility index (Phi) is 6.77. The number of ketones is 1. The molecule has 0 saturated carbocycles. The largest absolute Gasteiger partial charge is 0.484 e. The summed E-state index contributed by atoms with van der Waals surface area (Å²) in [6.45, 7) is 6.49. The first-order valence-corrected chi connectivity index (χ1v) is 6.95. The zero-order valence-corrected chi connectivity index (χ0v) is 12.4. The van der Waals surface area contributed by atoms with E-state index in [1.165, 1.54) is 0 Å². The number of carbonyl (C=O) groups excluding carboxylic acids is 2. The summed E-state index contributed by atoms with van der Waals surface area (Å²) in [6, 6.07) is 7.24. The molecule has 0 spiro atoms. The minimum absolute atomic E-state index is 0.0180. The molecular weight excluding hydrogens is 254 g/mol. The van der Waals surface area contributed by atoms with Crippen molar-refractivity contribution < 1.29 is 14.3 Å². The van der Waals surface area contributed by atoms with Crippen LogP contribution >= 0.6 is 0 Å². The Morgan fingerprint density at radius 2 is 1.85 bits per heavy atom. The van der Waals surface area contributed by atoms with Gasteiger partial charge in [0.2, 0.25) is 0 Å². The fraction of sp³-hybridized carbons (Fsp3) is 0.500. The van der Waals surface area contributed by atoms with Gasteiger partial charge in [-0.3, -0.25) is 9.59 Å². The van der Waals surface area contributed by atoms with Crippen LogP contribution in [-0.2, 0) is 16.0 Å². The second-order valence-electron chi connectivity index (χ2n) is 5.34. The number of hydrogen-bond donors (Lipinski definition) is 1. The second-order valence-corrected chi connectivity index (χ2v) is 5.34. The molecule has 1 N–H and O–H groups in total. The van der Waals surface area contributed by atoms with Gasteiger partial charge in [0.1, 0.15) is 11.5 Å². The van der Waals surface area contributed by atoms with Gasteiger partial charge in [-0.25, -0.2) is 0 Å². The van der Waals surface area contributed by atoms with Crippen molar-refractivity contribution >= 4 is 11.7 Å². The van der Waals surface area contributed by atoms with Crippen molar-refractivity contribution in [1.29, 1.82) is 0 Å². The number of hydrogen-bond acceptors (Lipinski definition) is 3. The molecule has 0 unspecified atom stereocenters. The molecule has 1 aromatic rings. The molecule has 0 bridgehead atoms. The summed E-state index contributed by atoms with van der Waals surface area (Å²) in [5, 5.41) is 2.81. The highest BCUT2D eigenvalue weighted by atomic mass is 16.5. The second kappa shape index (κ2) is 8.35. The lowest BCUT2D eigenvalue weighted by Crippen LogP contribution is -2.30. The van der Waals surface area contributed by atoms with E-state index in [4.69, 9.17) is 4.74 Å². The van der Waals surface area contributed by atoms with E-state index in [1.54, 1.807) is 19.1 Å². The molecule has 1 aromatic carbocycles. The predicted molar refractivity (Wildman–Crippen MR) is 78.8 cm³/mol. The Morgan fingerprint density at radius 3 is 2.40 bits per heavy atom. The van der Waals surface area contributed by atoms with Crippen LogP contribution in [0.5, 0.6) is 5.75 Å². The monoisotopic (exact) mass is 277 g/mol. The number of nitrogens with one attached hydrogen (secondary N) is 1. The highest BCUT2D eigenvalue weighted by Crippen LogP contribution is 2.12. The van der Waals surface area contributed by atoms with Crippen LogP contribution in [-0.4, -0.2) is 24.8 Å². The van der Waals surface area contributed by atoms with E-state index in [9.17, 15) is 9.59 Å². The maximum Gasteiger partial charge on any atom is 0.257 e. The van der Waals surface area contributed by atoms with E-state index in [1.807, 2.05) is 12.1 Å². The first kappa shape index (κ1) is 16.2. The molecule has 0 aliphatic rings. The Bertz CT molecular complexity index is 438. The molecule has 1 amide bonds. The highest BCUT2D eigenvalue weighted by Gasteiger charge is 2.03. The van der Waals surface area contributed by atoms with Gasteiger partial charge in [-0.1, -0.05) is 26.0 Å². The van der Waals surface area contributed by atoms with Gasteiger partial charge in [0.25, 0.3) is 5.91 Å². The van der Waals surface area contributed by atoms with Crippen LogP contribution in [0.25, 0.3) is 0 Å². The number of carbonyl (C=O) groups is 2. The van der Waals surface area contributed by atoms with Crippen molar-refractivity contribution in [2.75, 3.05) is 13.2 Å². The lowest BCUT2D eigenvalue weighted by molar-refractivity contribution is -0.123. The highest BCUT2D eigenvalue weighted by molar-refractivity contribution is 5.78. The summed E-state index contributed by atoms with van der Waals surface area (Å²) >= 11 is 0. The first-order valence-electron chi connectivity index (χ1n) is 6.95. The summed E-state index contributed by atoms with van der Waals surface area (Å²) in [5.41, 5.74) is 0.950. The number of amides is 1. The zero-order chi connectivity index (χ0) is 15.0. The van der Waals surface area contributed by atoms with Gasteiger partial charge in [-0.15, -0.1) is 0 Å². The number of Topliss-reactive ketones (excluding diaryl/α,β-unsaturated/α-hetero) is 1. The van der Waals surface area contributed by atoms with Crippen LogP contribution in [0.15, 0.2) is 24.3 Å². The Balaban J connectivity index is 2.30. The molecule has 4 heteroatoms. The minimum atomic E-state index is -0.113. The average molecular weight is 277 g/mol. The molecule has 0 saturated heterocycles. The lowest BCUT2D eigenvalue weighted by atomic mass is 10.1. The molecular formula is C16H23NO3. The molecule has 1 rings (SSSR count). The number of ether oxygens (including phenoxy) is 1. The third kappa shape index (κ3) is 6.92. The van der Waals surface area contributed by atoms with E-state index >= 15 is 0 Å². The van der Waals surface area contributed by atoms with Crippen molar-refractivity contribution in [2.45, 2.75) is 33.6 Å². The van der Waals surface area contributed by atoms with E-state index in [2.05, 4.69) is 19.2 Å². The van der Waals surface area contributed by atoms with Gasteiger partial charge in [-0.2, -0.15) is 0 Å². The SMILES string of the molecule is CC(=O)Cc1ccc(OCC(=O)NCCC(C)C)cc1. The summed E-state index contributed by atoms with van der Waals surface area (Å²) in [7, 11) is 0. The van der Waals surface area contributed by atoms with Gasteiger partial charge in [-0.05, 0) is 37.0 Å². The maximum atomic E-state index is 11.5. The maximum absolute atomic E-state index is 11.5. The molecule has 0 radical (unpaired) electrons. The minimum Gasteiger partial charge on any atom is -0.484 e. The number of rotatable bonds is 8. The van der Waals surface area contributed by atoms with Crippen molar-refractivity contribution in [3.8, 4) is 5.75 Å². The normalized spacial score (nSPS) is 10.4. The van der Waals surface area contributed by atoms with E-state index in [0.717, 1.165) is 12.0 Å². The van der Waals surface area contributed by atoms with Crippen molar-refractivity contribution in [2.24, 2.45) is 5.92 Å². The summed E-state index contributed by atoms with van der Waals surface area (Å²) in [5.74, 6) is 1.23. The van der Waals surface area contributed by atoms with Gasteiger partial charge < -0.3 is 10.1 Å². The van der Waals surface area contributed by atoms with Crippen LogP contribution in [0.4, 0.5) is 0 Å². The molecule has 4 nitrogen and oxygen atoms in total. The fourth-order valence-electron chi connectivity index (χ4n) is 1.69. The van der Waals surface area contributed by atoms with Gasteiger partial charge in [0, 0.05) is 13.0 Å². The summed E-state index contributed by atoms with van der Waals surface area (Å²) < 4.78 is 5.39. The molecule has 0 heterocycles. The Labute approximate surface area is 120 Å². The molecule has 0 atom stereocenters. The van der Waals surface area contributed by atoms with Crippen LogP contribution in [0, 0.1) is 5.92 Å². The Hall–Kier alpha value is -1.84. The van der Waals surface area contributed by atoms with Gasteiger partial charge in [0.05, 0.1) is 0 Å². The Morgan fingerprint density at radius 1 is 1.20 bits per heavy atom. The molecule has 0 aromatic heterocycles.